The summed E-state index contributed by atoms with van der Waals surface area (Å²) < 4.78 is 5.52. The molecule has 110 valence electrons. The molecule has 2 aliphatic carbocycles. The Morgan fingerprint density at radius 1 is 1.32 bits per heavy atom. The van der Waals surface area contributed by atoms with Gasteiger partial charge in [0, 0.05) is 20.1 Å². The third-order valence-corrected chi connectivity index (χ3v) is 4.64. The topological polar surface area (TPSA) is 49.8 Å². The summed E-state index contributed by atoms with van der Waals surface area (Å²) in [7, 11) is 1.85. The van der Waals surface area contributed by atoms with Gasteiger partial charge in [-0.3, -0.25) is 4.79 Å². The van der Waals surface area contributed by atoms with Crippen molar-refractivity contribution in [3.8, 4) is 0 Å². The van der Waals surface area contributed by atoms with Crippen LogP contribution >= 0.6 is 0 Å². The molecule has 2 fully saturated rings. The summed E-state index contributed by atoms with van der Waals surface area (Å²) in [6, 6.07) is 0.0315. The second-order valence-corrected chi connectivity index (χ2v) is 6.04. The van der Waals surface area contributed by atoms with Crippen molar-refractivity contribution in [1.82, 2.24) is 4.90 Å². The van der Waals surface area contributed by atoms with Gasteiger partial charge in [-0.2, -0.15) is 0 Å². The average Bonchev–Trinajstić information content (AvgIpc) is 2.36. The predicted octanol–water partition coefficient (Wildman–Crippen LogP) is 1.95. The van der Waals surface area contributed by atoms with E-state index in [1.807, 2.05) is 14.0 Å². The van der Waals surface area contributed by atoms with Gasteiger partial charge in [0.2, 0.25) is 5.91 Å². The lowest BCUT2D eigenvalue weighted by Gasteiger charge is -2.38. The highest BCUT2D eigenvalue weighted by Crippen LogP contribution is 2.33. The van der Waals surface area contributed by atoms with E-state index in [0.29, 0.717) is 18.4 Å². The molecule has 0 aliphatic heterocycles. The van der Waals surface area contributed by atoms with E-state index in [1.54, 1.807) is 4.90 Å². The van der Waals surface area contributed by atoms with Crippen LogP contribution in [0.5, 0.6) is 0 Å². The molecule has 0 heterocycles. The van der Waals surface area contributed by atoms with Gasteiger partial charge in [0.25, 0.3) is 0 Å². The summed E-state index contributed by atoms with van der Waals surface area (Å²) in [4.78, 5) is 14.0. The molecular formula is C15H27NO3. The van der Waals surface area contributed by atoms with E-state index in [0.717, 1.165) is 45.1 Å². The number of hydrogen-bond donors (Lipinski definition) is 1. The first-order chi connectivity index (χ1) is 9.11. The lowest BCUT2D eigenvalue weighted by atomic mass is 9.79. The van der Waals surface area contributed by atoms with Crippen molar-refractivity contribution in [3.63, 3.8) is 0 Å². The van der Waals surface area contributed by atoms with Gasteiger partial charge in [0.05, 0.1) is 18.2 Å². The molecule has 0 bridgehead atoms. The first kappa shape index (κ1) is 14.8. The largest absolute Gasteiger partial charge is 0.391 e. The van der Waals surface area contributed by atoms with Crippen LogP contribution in [0.3, 0.4) is 0 Å². The molecule has 0 aromatic carbocycles. The van der Waals surface area contributed by atoms with E-state index in [9.17, 15) is 9.90 Å². The van der Waals surface area contributed by atoms with Crippen LogP contribution in [0.2, 0.25) is 0 Å². The van der Waals surface area contributed by atoms with E-state index in [-0.39, 0.29) is 18.1 Å². The minimum absolute atomic E-state index is 0.0315. The van der Waals surface area contributed by atoms with Crippen molar-refractivity contribution in [2.75, 3.05) is 13.7 Å². The molecule has 0 saturated heterocycles. The van der Waals surface area contributed by atoms with Crippen LogP contribution in [0.25, 0.3) is 0 Å². The molecule has 0 aromatic heterocycles. The molecule has 2 aliphatic rings. The van der Waals surface area contributed by atoms with Crippen LogP contribution < -0.4 is 0 Å². The molecule has 2 saturated carbocycles. The van der Waals surface area contributed by atoms with Crippen LogP contribution in [-0.4, -0.2) is 47.8 Å². The van der Waals surface area contributed by atoms with Gasteiger partial charge in [-0.25, -0.2) is 0 Å². The number of carbonyl (C=O) groups excluding carboxylic acids is 1. The number of ether oxygens (including phenoxy) is 1. The third-order valence-electron chi connectivity index (χ3n) is 4.64. The minimum atomic E-state index is -0.333. The Morgan fingerprint density at radius 3 is 2.63 bits per heavy atom. The van der Waals surface area contributed by atoms with Crippen LogP contribution in [0.1, 0.15) is 51.9 Å². The molecule has 4 nitrogen and oxygen atoms in total. The van der Waals surface area contributed by atoms with E-state index >= 15 is 0 Å². The molecule has 4 heteroatoms. The molecule has 19 heavy (non-hydrogen) atoms. The van der Waals surface area contributed by atoms with Crippen molar-refractivity contribution in [2.45, 2.75) is 70.1 Å². The summed E-state index contributed by atoms with van der Waals surface area (Å²) in [5, 5.41) is 9.99. The summed E-state index contributed by atoms with van der Waals surface area (Å²) in [5.41, 5.74) is 0. The molecule has 0 radical (unpaired) electrons. The second kappa shape index (κ2) is 6.71. The minimum Gasteiger partial charge on any atom is -0.391 e. The maximum Gasteiger partial charge on any atom is 0.222 e. The van der Waals surface area contributed by atoms with Gasteiger partial charge < -0.3 is 14.7 Å². The second-order valence-electron chi connectivity index (χ2n) is 6.04. The van der Waals surface area contributed by atoms with Crippen molar-refractivity contribution in [2.24, 2.45) is 5.92 Å². The lowest BCUT2D eigenvalue weighted by Crippen LogP contribution is -2.47. The van der Waals surface area contributed by atoms with Crippen molar-refractivity contribution in [1.29, 1.82) is 0 Å². The first-order valence-electron chi connectivity index (χ1n) is 7.67. The van der Waals surface area contributed by atoms with E-state index in [2.05, 4.69) is 0 Å². The van der Waals surface area contributed by atoms with Gasteiger partial charge in [-0.05, 0) is 38.5 Å². The summed E-state index contributed by atoms with van der Waals surface area (Å²) >= 11 is 0. The van der Waals surface area contributed by atoms with Crippen molar-refractivity contribution < 1.29 is 14.6 Å². The Kier molecular flexibility index (Phi) is 5.22. The number of amides is 1. The van der Waals surface area contributed by atoms with E-state index in [1.165, 1.54) is 0 Å². The number of hydrogen-bond acceptors (Lipinski definition) is 3. The predicted molar refractivity (Wildman–Crippen MR) is 73.8 cm³/mol. The zero-order valence-electron chi connectivity index (χ0n) is 12.2. The average molecular weight is 269 g/mol. The van der Waals surface area contributed by atoms with Gasteiger partial charge >= 0.3 is 0 Å². The quantitative estimate of drug-likeness (QED) is 0.830. The fraction of sp³-hybridized carbons (Fsp3) is 0.933. The number of nitrogens with zero attached hydrogens (tertiary/aromatic N) is 1. The Morgan fingerprint density at radius 2 is 2.00 bits per heavy atom. The van der Waals surface area contributed by atoms with Crippen LogP contribution in [0, 0.1) is 5.92 Å². The first-order valence-corrected chi connectivity index (χ1v) is 7.67. The standard InChI is InChI=1S/C15H27NO3/c1-3-19-12-8-11(9-12)10-15(18)16(2)13-6-4-5-7-14(13)17/h11-14,17H,3-10H2,1-2H3. The zero-order chi connectivity index (χ0) is 13.8. The lowest BCUT2D eigenvalue weighted by molar-refractivity contribution is -0.138. The Bertz CT molecular complexity index is 302. The number of aliphatic hydroxyl groups is 1. The summed E-state index contributed by atoms with van der Waals surface area (Å²) in [6.45, 7) is 2.77. The summed E-state index contributed by atoms with van der Waals surface area (Å²) in [6.07, 6.45) is 6.65. The third kappa shape index (κ3) is 3.69. The highest BCUT2D eigenvalue weighted by Gasteiger charge is 2.34. The molecule has 2 unspecified atom stereocenters. The molecule has 0 spiro atoms. The maximum atomic E-state index is 12.2. The number of rotatable bonds is 5. The van der Waals surface area contributed by atoms with Gasteiger partial charge in [0.15, 0.2) is 0 Å². The summed E-state index contributed by atoms with van der Waals surface area (Å²) in [5.74, 6) is 0.665. The molecule has 1 amide bonds. The van der Waals surface area contributed by atoms with Gasteiger partial charge in [0.1, 0.15) is 0 Å². The Labute approximate surface area is 116 Å². The highest BCUT2D eigenvalue weighted by atomic mass is 16.5. The normalized spacial score (nSPS) is 34.7. The van der Waals surface area contributed by atoms with E-state index in [4.69, 9.17) is 4.74 Å². The maximum absolute atomic E-state index is 12.2. The van der Waals surface area contributed by atoms with Crippen LogP contribution in [-0.2, 0) is 9.53 Å². The number of aliphatic hydroxyl groups excluding tert-OH is 1. The SMILES string of the molecule is CCOC1CC(CC(=O)N(C)C2CCCCC2O)C1. The monoisotopic (exact) mass is 269 g/mol. The number of likely N-dealkylation sites (N-methyl/N-ethyl adjacent to an activating group) is 1. The highest BCUT2D eigenvalue weighted by molar-refractivity contribution is 5.76. The van der Waals surface area contributed by atoms with Gasteiger partial charge in [-0.1, -0.05) is 12.8 Å². The molecule has 0 aromatic rings. The molecular weight excluding hydrogens is 242 g/mol. The Hall–Kier alpha value is -0.610. The zero-order valence-corrected chi connectivity index (χ0v) is 12.2. The van der Waals surface area contributed by atoms with Crippen LogP contribution in [0.15, 0.2) is 0 Å². The molecule has 2 rings (SSSR count). The van der Waals surface area contributed by atoms with Crippen molar-refractivity contribution >= 4 is 5.91 Å². The van der Waals surface area contributed by atoms with E-state index < -0.39 is 0 Å². The van der Waals surface area contributed by atoms with Gasteiger partial charge in [-0.15, -0.1) is 0 Å². The smallest absolute Gasteiger partial charge is 0.222 e. The van der Waals surface area contributed by atoms with Crippen molar-refractivity contribution in [3.05, 3.63) is 0 Å². The fourth-order valence-electron chi connectivity index (χ4n) is 3.33. The van der Waals surface area contributed by atoms with Crippen LogP contribution in [0.4, 0.5) is 0 Å². The molecule has 2 atom stereocenters. The fourth-order valence-corrected chi connectivity index (χ4v) is 3.33. The Balaban J connectivity index is 1.74. The molecule has 1 N–H and O–H groups in total. The number of carbonyl (C=O) groups is 1.